The predicted molar refractivity (Wildman–Crippen MR) is 137 cm³/mol. The topological polar surface area (TPSA) is 108 Å². The van der Waals surface area contributed by atoms with Gasteiger partial charge in [0, 0.05) is 12.1 Å². The number of para-hydroxylation sites is 1. The maximum atomic E-state index is 13.4. The first kappa shape index (κ1) is 25.1. The highest BCUT2D eigenvalue weighted by Crippen LogP contribution is 2.26. The lowest BCUT2D eigenvalue weighted by molar-refractivity contribution is 0.0683. The Balaban J connectivity index is 1.67. The molecule has 0 saturated carbocycles. The van der Waals surface area contributed by atoms with Gasteiger partial charge >= 0.3 is 11.7 Å². The van der Waals surface area contributed by atoms with Crippen LogP contribution in [0.2, 0.25) is 0 Å². The van der Waals surface area contributed by atoms with Crippen LogP contribution in [0.1, 0.15) is 67.7 Å². The minimum atomic E-state index is -1.04. The number of tetrazole rings is 1. The Kier molecular flexibility index (Phi) is 8.10. The molecule has 2 heterocycles. The van der Waals surface area contributed by atoms with E-state index in [9.17, 15) is 14.7 Å². The third kappa shape index (κ3) is 5.30. The fraction of sp³-hybridized carbons (Fsp3) is 0.370. The van der Waals surface area contributed by atoms with Gasteiger partial charge in [0.25, 0.3) is 0 Å². The molecule has 0 unspecified atom stereocenters. The number of carboxylic acids is 1. The third-order valence-corrected chi connectivity index (χ3v) is 6.39. The van der Waals surface area contributed by atoms with E-state index in [1.54, 1.807) is 15.6 Å². The van der Waals surface area contributed by atoms with Crippen LogP contribution >= 0.6 is 0 Å². The van der Waals surface area contributed by atoms with Gasteiger partial charge in [0.2, 0.25) is 0 Å². The highest BCUT2D eigenvalue weighted by atomic mass is 16.4. The Hall–Kier alpha value is -4.01. The minimum Gasteiger partial charge on any atom is -0.477 e. The van der Waals surface area contributed by atoms with Gasteiger partial charge in [0.15, 0.2) is 5.69 Å². The summed E-state index contributed by atoms with van der Waals surface area (Å²) < 4.78 is 4.73. The zero-order valence-corrected chi connectivity index (χ0v) is 20.8. The van der Waals surface area contributed by atoms with E-state index in [0.29, 0.717) is 25.2 Å². The van der Waals surface area contributed by atoms with Crippen molar-refractivity contribution in [3.8, 4) is 16.8 Å². The lowest BCUT2D eigenvalue weighted by Crippen LogP contribution is -2.26. The molecule has 0 aliphatic rings. The Morgan fingerprint density at radius 2 is 1.69 bits per heavy atom. The Morgan fingerprint density at radius 3 is 2.36 bits per heavy atom. The first-order valence-electron chi connectivity index (χ1n) is 12.5. The molecule has 36 heavy (non-hydrogen) atoms. The lowest BCUT2D eigenvalue weighted by atomic mass is 10.0. The summed E-state index contributed by atoms with van der Waals surface area (Å²) in [5, 5.41) is 21.5. The summed E-state index contributed by atoms with van der Waals surface area (Å²) >= 11 is 0. The molecule has 2 aromatic carbocycles. The molecular formula is C27H32N6O3. The number of aromatic nitrogens is 6. The molecule has 0 bridgehead atoms. The molecule has 4 rings (SSSR count). The number of hydrogen-bond acceptors (Lipinski definition) is 5. The van der Waals surface area contributed by atoms with Crippen molar-refractivity contribution < 1.29 is 9.90 Å². The monoisotopic (exact) mass is 488 g/mol. The molecule has 0 saturated heterocycles. The molecule has 0 aliphatic heterocycles. The van der Waals surface area contributed by atoms with Crippen molar-refractivity contribution in [1.82, 2.24) is 29.3 Å². The number of benzene rings is 2. The second-order valence-electron chi connectivity index (χ2n) is 8.90. The summed E-state index contributed by atoms with van der Waals surface area (Å²) in [5.74, 6) is -1.04. The Labute approximate surface area is 210 Å². The Bertz CT molecular complexity index is 1350. The molecular weight excluding hydrogens is 456 g/mol. The zero-order valence-electron chi connectivity index (χ0n) is 20.8. The van der Waals surface area contributed by atoms with Crippen molar-refractivity contribution in [1.29, 1.82) is 0 Å². The number of hydrogen-bond donors (Lipinski definition) is 1. The molecule has 0 aliphatic carbocycles. The van der Waals surface area contributed by atoms with Crippen molar-refractivity contribution in [3.05, 3.63) is 82.3 Å². The minimum absolute atomic E-state index is 0.136. The van der Waals surface area contributed by atoms with Gasteiger partial charge in [-0.3, -0.25) is 9.13 Å². The number of carboxylic acid groups (broad SMARTS) is 1. The molecule has 0 atom stereocenters. The number of rotatable bonds is 12. The normalized spacial score (nSPS) is 11.2. The molecule has 9 heteroatoms. The maximum absolute atomic E-state index is 13.4. The summed E-state index contributed by atoms with van der Waals surface area (Å²) in [5.41, 5.74) is 4.27. The van der Waals surface area contributed by atoms with Gasteiger partial charge in [-0.05, 0) is 46.9 Å². The molecule has 188 valence electrons. The van der Waals surface area contributed by atoms with Crippen molar-refractivity contribution in [2.75, 3.05) is 0 Å². The van der Waals surface area contributed by atoms with Crippen LogP contribution in [0.15, 0.2) is 59.7 Å². The van der Waals surface area contributed by atoms with E-state index in [2.05, 4.69) is 29.4 Å². The zero-order chi connectivity index (χ0) is 25.5. The highest BCUT2D eigenvalue weighted by Gasteiger charge is 2.24. The van der Waals surface area contributed by atoms with Crippen molar-refractivity contribution in [2.24, 2.45) is 0 Å². The van der Waals surface area contributed by atoms with Crippen LogP contribution in [0.3, 0.4) is 0 Å². The van der Waals surface area contributed by atoms with Crippen molar-refractivity contribution in [3.63, 3.8) is 0 Å². The highest BCUT2D eigenvalue weighted by molar-refractivity contribution is 5.87. The Morgan fingerprint density at radius 1 is 0.944 bits per heavy atom. The molecule has 4 aromatic rings. The predicted octanol–water partition coefficient (Wildman–Crippen LogP) is 4.57. The molecule has 1 N–H and O–H groups in total. The first-order valence-corrected chi connectivity index (χ1v) is 12.5. The van der Waals surface area contributed by atoms with E-state index in [-0.39, 0.29) is 11.4 Å². The van der Waals surface area contributed by atoms with Crippen LogP contribution in [0.4, 0.5) is 0 Å². The van der Waals surface area contributed by atoms with E-state index in [0.717, 1.165) is 54.5 Å². The second kappa shape index (κ2) is 11.6. The smallest absolute Gasteiger partial charge is 0.354 e. The van der Waals surface area contributed by atoms with Crippen LogP contribution < -0.4 is 5.69 Å². The van der Waals surface area contributed by atoms with Gasteiger partial charge in [0.05, 0.1) is 17.9 Å². The summed E-state index contributed by atoms with van der Waals surface area (Å²) in [4.78, 5) is 25.6. The SMILES string of the molecule is CCCCCn1c(C(=O)O)c(CCCC)n(Cc2ccc(-c3ccccc3-n3cnnn3)cc2)c1=O. The average Bonchev–Trinajstić information content (AvgIpc) is 3.51. The number of carbonyl (C=O) groups is 1. The third-order valence-electron chi connectivity index (χ3n) is 6.39. The number of imidazole rings is 1. The fourth-order valence-corrected chi connectivity index (χ4v) is 4.53. The van der Waals surface area contributed by atoms with Crippen LogP contribution in [0.25, 0.3) is 16.8 Å². The molecule has 9 nitrogen and oxygen atoms in total. The molecule has 0 fully saturated rings. The standard InChI is InChI=1S/C27H32N6O3/c1-3-5-9-17-31-25(26(34)35)24(11-6-4-2)32(27(31)36)18-20-13-15-21(16-14-20)22-10-7-8-12-23(22)33-19-28-29-30-33/h7-8,10,12-16,19H,3-6,9,11,17-18H2,1-2H3,(H,34,35). The van der Waals surface area contributed by atoms with E-state index < -0.39 is 5.97 Å². The first-order chi connectivity index (χ1) is 17.5. The summed E-state index contributed by atoms with van der Waals surface area (Å²) in [6.07, 6.45) is 6.60. The van der Waals surface area contributed by atoms with E-state index in [4.69, 9.17) is 0 Å². The quantitative estimate of drug-likeness (QED) is 0.293. The number of unbranched alkanes of at least 4 members (excludes halogenated alkanes) is 3. The largest absolute Gasteiger partial charge is 0.477 e. The van der Waals surface area contributed by atoms with Crippen LogP contribution in [-0.4, -0.2) is 40.4 Å². The molecule has 2 aromatic heterocycles. The van der Waals surface area contributed by atoms with Gasteiger partial charge in [-0.25, -0.2) is 9.59 Å². The van der Waals surface area contributed by atoms with Crippen molar-refractivity contribution >= 4 is 5.97 Å². The van der Waals surface area contributed by atoms with Gasteiger partial charge in [-0.2, -0.15) is 4.68 Å². The molecule has 0 spiro atoms. The lowest BCUT2D eigenvalue weighted by Gasteiger charge is -2.11. The summed E-state index contributed by atoms with van der Waals surface area (Å²) in [7, 11) is 0. The fourth-order valence-electron chi connectivity index (χ4n) is 4.53. The summed E-state index contributed by atoms with van der Waals surface area (Å²) in [6, 6.07) is 15.8. The summed E-state index contributed by atoms with van der Waals surface area (Å²) in [6.45, 7) is 4.90. The molecule has 0 radical (unpaired) electrons. The van der Waals surface area contributed by atoms with Crippen LogP contribution in [-0.2, 0) is 19.5 Å². The van der Waals surface area contributed by atoms with E-state index in [1.165, 1.54) is 4.57 Å². The average molecular weight is 489 g/mol. The number of aromatic carboxylic acids is 1. The van der Waals surface area contributed by atoms with Gasteiger partial charge in [-0.1, -0.05) is 75.6 Å². The molecule has 0 amide bonds. The van der Waals surface area contributed by atoms with Gasteiger partial charge < -0.3 is 5.11 Å². The van der Waals surface area contributed by atoms with Gasteiger partial charge in [-0.15, -0.1) is 5.10 Å². The van der Waals surface area contributed by atoms with Gasteiger partial charge in [0.1, 0.15) is 6.33 Å². The van der Waals surface area contributed by atoms with E-state index in [1.807, 2.05) is 48.5 Å². The second-order valence-corrected chi connectivity index (χ2v) is 8.90. The van der Waals surface area contributed by atoms with E-state index >= 15 is 0 Å². The van der Waals surface area contributed by atoms with Crippen LogP contribution in [0.5, 0.6) is 0 Å². The van der Waals surface area contributed by atoms with Crippen molar-refractivity contribution in [2.45, 2.75) is 65.5 Å². The van der Waals surface area contributed by atoms with Crippen LogP contribution in [0, 0.1) is 0 Å². The number of nitrogens with zero attached hydrogens (tertiary/aromatic N) is 6. The maximum Gasteiger partial charge on any atom is 0.354 e.